The van der Waals surface area contributed by atoms with Gasteiger partial charge < -0.3 is 24.4 Å². The lowest BCUT2D eigenvalue weighted by atomic mass is 9.97. The summed E-state index contributed by atoms with van der Waals surface area (Å²) < 4.78 is 16.1. The fourth-order valence-electron chi connectivity index (χ4n) is 2.99. The van der Waals surface area contributed by atoms with Gasteiger partial charge in [-0.15, -0.1) is 0 Å². The van der Waals surface area contributed by atoms with Crippen LogP contribution < -0.4 is 10.1 Å². The molecule has 2 rings (SSSR count). The van der Waals surface area contributed by atoms with Crippen molar-refractivity contribution in [2.75, 3.05) is 25.0 Å². The molecule has 0 aliphatic carbocycles. The summed E-state index contributed by atoms with van der Waals surface area (Å²) >= 11 is 0. The molecule has 0 radical (unpaired) electrons. The van der Waals surface area contributed by atoms with Crippen LogP contribution in [0, 0.1) is 5.92 Å². The minimum absolute atomic E-state index is 0.343. The molecular weight excluding hydrogens is 388 g/mol. The molecule has 1 saturated heterocycles. The Morgan fingerprint density at radius 2 is 1.73 bits per heavy atom. The Hall–Kier alpha value is -2.77. The number of likely N-dealkylation sites (tertiary alicyclic amines) is 1. The minimum Gasteiger partial charge on any atom is -0.494 e. The molecule has 0 aromatic heterocycles. The molecule has 0 spiro atoms. The molecule has 1 heterocycles. The van der Waals surface area contributed by atoms with Crippen molar-refractivity contribution < 1.29 is 28.6 Å². The van der Waals surface area contributed by atoms with E-state index in [1.807, 2.05) is 27.7 Å². The molecular formula is C22H32N2O6. The molecule has 166 valence electrons. The maximum Gasteiger partial charge on any atom is 0.410 e. The highest BCUT2D eigenvalue weighted by Gasteiger charge is 2.32. The zero-order valence-corrected chi connectivity index (χ0v) is 18.4. The number of carbonyl (C=O) groups is 3. The first-order valence-corrected chi connectivity index (χ1v) is 10.3. The summed E-state index contributed by atoms with van der Waals surface area (Å²) in [5.41, 5.74) is 0.0379. The van der Waals surface area contributed by atoms with Crippen molar-refractivity contribution in [1.29, 1.82) is 0 Å². The number of hydrogen-bond donors (Lipinski definition) is 1. The molecule has 30 heavy (non-hydrogen) atoms. The van der Waals surface area contributed by atoms with Gasteiger partial charge in [0.15, 0.2) is 6.10 Å². The fourth-order valence-corrected chi connectivity index (χ4v) is 2.99. The molecule has 0 saturated carbocycles. The van der Waals surface area contributed by atoms with Gasteiger partial charge in [0.25, 0.3) is 5.91 Å². The fraction of sp³-hybridized carbons (Fsp3) is 0.591. The van der Waals surface area contributed by atoms with E-state index in [-0.39, 0.29) is 12.0 Å². The summed E-state index contributed by atoms with van der Waals surface area (Å²) in [5.74, 6) is -0.455. The first-order chi connectivity index (χ1) is 14.1. The predicted molar refractivity (Wildman–Crippen MR) is 112 cm³/mol. The number of esters is 1. The van der Waals surface area contributed by atoms with E-state index in [4.69, 9.17) is 14.2 Å². The SMILES string of the molecule is CCOc1ccc(NC(=O)[C@@H](C)OC(=O)C2CCN(C(=O)OC(C)(C)C)CC2)cc1. The first kappa shape index (κ1) is 23.5. The molecule has 1 atom stereocenters. The van der Waals surface area contributed by atoms with E-state index in [0.29, 0.717) is 44.0 Å². The van der Waals surface area contributed by atoms with Gasteiger partial charge in [-0.2, -0.15) is 0 Å². The second-order valence-electron chi connectivity index (χ2n) is 8.27. The number of anilines is 1. The molecule has 1 aliphatic rings. The summed E-state index contributed by atoms with van der Waals surface area (Å²) in [6.07, 6.45) is -0.346. The van der Waals surface area contributed by atoms with Gasteiger partial charge in [0, 0.05) is 18.8 Å². The molecule has 2 amide bonds. The standard InChI is InChI=1S/C22H32N2O6/c1-6-28-18-9-7-17(8-10-18)23-19(25)15(2)29-20(26)16-11-13-24(14-12-16)21(27)30-22(3,4)5/h7-10,15-16H,6,11-14H2,1-5H3,(H,23,25)/t15-/m1/s1. The quantitative estimate of drug-likeness (QED) is 0.707. The summed E-state index contributed by atoms with van der Waals surface area (Å²) in [6.45, 7) is 10.3. The van der Waals surface area contributed by atoms with Crippen molar-refractivity contribution in [3.05, 3.63) is 24.3 Å². The molecule has 8 heteroatoms. The third-order valence-electron chi connectivity index (χ3n) is 4.58. The second-order valence-corrected chi connectivity index (χ2v) is 8.27. The van der Waals surface area contributed by atoms with Crippen LogP contribution in [-0.4, -0.2) is 54.3 Å². The highest BCUT2D eigenvalue weighted by molar-refractivity contribution is 5.95. The van der Waals surface area contributed by atoms with E-state index in [2.05, 4.69) is 5.32 Å². The number of benzene rings is 1. The van der Waals surface area contributed by atoms with E-state index in [1.54, 1.807) is 29.2 Å². The number of nitrogens with one attached hydrogen (secondary N) is 1. The number of amides is 2. The number of hydrogen-bond acceptors (Lipinski definition) is 6. The van der Waals surface area contributed by atoms with E-state index in [9.17, 15) is 14.4 Å². The molecule has 1 aromatic rings. The van der Waals surface area contributed by atoms with Crippen LogP contribution in [0.2, 0.25) is 0 Å². The van der Waals surface area contributed by atoms with Crippen LogP contribution in [0.25, 0.3) is 0 Å². The molecule has 1 aliphatic heterocycles. The monoisotopic (exact) mass is 420 g/mol. The van der Waals surface area contributed by atoms with E-state index < -0.39 is 23.6 Å². The Balaban J connectivity index is 1.78. The van der Waals surface area contributed by atoms with Crippen LogP contribution in [0.5, 0.6) is 5.75 Å². The van der Waals surface area contributed by atoms with Gasteiger partial charge in [-0.05, 0) is 71.7 Å². The largest absolute Gasteiger partial charge is 0.494 e. The van der Waals surface area contributed by atoms with Crippen molar-refractivity contribution in [2.24, 2.45) is 5.92 Å². The topological polar surface area (TPSA) is 94.2 Å². The second kappa shape index (κ2) is 10.3. The number of piperidine rings is 1. The van der Waals surface area contributed by atoms with Crippen LogP contribution in [0.3, 0.4) is 0 Å². The molecule has 8 nitrogen and oxygen atoms in total. The Bertz CT molecular complexity index is 733. The van der Waals surface area contributed by atoms with Gasteiger partial charge in [-0.3, -0.25) is 9.59 Å². The van der Waals surface area contributed by atoms with Crippen molar-refractivity contribution in [3.8, 4) is 5.75 Å². The van der Waals surface area contributed by atoms with E-state index in [0.717, 1.165) is 0 Å². The smallest absolute Gasteiger partial charge is 0.410 e. The third kappa shape index (κ3) is 7.24. The van der Waals surface area contributed by atoms with Crippen LogP contribution in [-0.2, 0) is 19.1 Å². The summed E-state index contributed by atoms with van der Waals surface area (Å²) in [6, 6.07) is 6.97. The lowest BCUT2D eigenvalue weighted by Crippen LogP contribution is -2.43. The Labute approximate surface area is 177 Å². The molecule has 1 aromatic carbocycles. The normalized spacial score (nSPS) is 15.8. The highest BCUT2D eigenvalue weighted by Crippen LogP contribution is 2.22. The van der Waals surface area contributed by atoms with Crippen LogP contribution in [0.1, 0.15) is 47.5 Å². The molecule has 0 unspecified atom stereocenters. The van der Waals surface area contributed by atoms with Gasteiger partial charge in [-0.25, -0.2) is 4.79 Å². The lowest BCUT2D eigenvalue weighted by Gasteiger charge is -2.32. The summed E-state index contributed by atoms with van der Waals surface area (Å²) in [5, 5.41) is 2.72. The number of nitrogens with zero attached hydrogens (tertiary/aromatic N) is 1. The van der Waals surface area contributed by atoms with Gasteiger partial charge in [-0.1, -0.05) is 0 Å². The summed E-state index contributed by atoms with van der Waals surface area (Å²) in [7, 11) is 0. The van der Waals surface area contributed by atoms with Gasteiger partial charge in [0.2, 0.25) is 0 Å². The summed E-state index contributed by atoms with van der Waals surface area (Å²) in [4.78, 5) is 38.5. The lowest BCUT2D eigenvalue weighted by molar-refractivity contribution is -0.158. The van der Waals surface area contributed by atoms with Crippen LogP contribution in [0.15, 0.2) is 24.3 Å². The van der Waals surface area contributed by atoms with Gasteiger partial charge in [0.1, 0.15) is 11.4 Å². The van der Waals surface area contributed by atoms with Crippen molar-refractivity contribution in [2.45, 2.75) is 59.2 Å². The minimum atomic E-state index is -0.923. The average Bonchev–Trinajstić information content (AvgIpc) is 2.68. The zero-order chi connectivity index (χ0) is 22.3. The average molecular weight is 421 g/mol. The maximum atomic E-state index is 12.4. The Morgan fingerprint density at radius 3 is 2.27 bits per heavy atom. The van der Waals surface area contributed by atoms with Crippen LogP contribution >= 0.6 is 0 Å². The number of ether oxygens (including phenoxy) is 3. The Morgan fingerprint density at radius 1 is 1.13 bits per heavy atom. The van der Waals surface area contributed by atoms with Crippen molar-refractivity contribution in [1.82, 2.24) is 4.90 Å². The van der Waals surface area contributed by atoms with Gasteiger partial charge in [0.05, 0.1) is 12.5 Å². The van der Waals surface area contributed by atoms with E-state index >= 15 is 0 Å². The Kier molecular flexibility index (Phi) is 8.08. The maximum absolute atomic E-state index is 12.4. The van der Waals surface area contributed by atoms with Crippen molar-refractivity contribution >= 4 is 23.7 Å². The number of rotatable bonds is 6. The molecule has 0 bridgehead atoms. The molecule has 1 fully saturated rings. The third-order valence-corrected chi connectivity index (χ3v) is 4.58. The van der Waals surface area contributed by atoms with Gasteiger partial charge >= 0.3 is 12.1 Å². The van der Waals surface area contributed by atoms with Crippen molar-refractivity contribution in [3.63, 3.8) is 0 Å². The molecule has 1 N–H and O–H groups in total. The van der Waals surface area contributed by atoms with E-state index in [1.165, 1.54) is 6.92 Å². The predicted octanol–water partition coefficient (Wildman–Crippen LogP) is 3.60. The van der Waals surface area contributed by atoms with Crippen LogP contribution in [0.4, 0.5) is 10.5 Å². The highest BCUT2D eigenvalue weighted by atomic mass is 16.6. The number of carbonyl (C=O) groups excluding carboxylic acids is 3. The first-order valence-electron chi connectivity index (χ1n) is 10.3. The zero-order valence-electron chi connectivity index (χ0n) is 18.4.